The molecule has 22 heavy (non-hydrogen) atoms. The molecule has 2 N–H and O–H groups in total. The van der Waals surface area contributed by atoms with Gasteiger partial charge in [0.1, 0.15) is 0 Å². The molecule has 0 saturated carbocycles. The number of aromatic nitrogens is 1. The summed E-state index contributed by atoms with van der Waals surface area (Å²) in [6, 6.07) is 17.0. The van der Waals surface area contributed by atoms with Gasteiger partial charge in [0.05, 0.1) is 15.2 Å². The highest BCUT2D eigenvalue weighted by molar-refractivity contribution is 7.18. The molecule has 0 saturated heterocycles. The zero-order valence-corrected chi connectivity index (χ0v) is 13.8. The number of thiazole rings is 1. The maximum Gasteiger partial charge on any atom is 0.0938 e. The predicted octanol–water partition coefficient (Wildman–Crippen LogP) is 4.88. The Morgan fingerprint density at radius 2 is 1.86 bits per heavy atom. The molecule has 114 valence electrons. The molecule has 0 amide bonds. The Balaban J connectivity index is 1.75. The Kier molecular flexibility index (Phi) is 4.86. The van der Waals surface area contributed by atoms with Crippen LogP contribution in [0.5, 0.6) is 0 Å². The van der Waals surface area contributed by atoms with E-state index in [-0.39, 0.29) is 0 Å². The van der Waals surface area contributed by atoms with Crippen molar-refractivity contribution < 1.29 is 0 Å². The Labute approximate surface area is 136 Å². The first-order valence-electron chi connectivity index (χ1n) is 7.94. The second-order valence-corrected chi connectivity index (χ2v) is 6.74. The van der Waals surface area contributed by atoms with Gasteiger partial charge in [0.15, 0.2) is 0 Å². The molecule has 3 rings (SSSR count). The van der Waals surface area contributed by atoms with E-state index >= 15 is 0 Å². The molecule has 0 spiro atoms. The number of nitrogens with two attached hydrogens (primary N) is 1. The summed E-state index contributed by atoms with van der Waals surface area (Å²) in [4.78, 5) is 4.75. The highest BCUT2D eigenvalue weighted by Gasteiger charge is 2.14. The number of para-hydroxylation sites is 1. The van der Waals surface area contributed by atoms with Crippen molar-refractivity contribution in [3.8, 4) is 0 Å². The molecule has 1 aromatic heterocycles. The van der Waals surface area contributed by atoms with Gasteiger partial charge >= 0.3 is 0 Å². The van der Waals surface area contributed by atoms with E-state index in [1.54, 1.807) is 0 Å². The lowest BCUT2D eigenvalue weighted by molar-refractivity contribution is 0.599. The van der Waals surface area contributed by atoms with Gasteiger partial charge in [-0.2, -0.15) is 0 Å². The molecule has 0 aliphatic rings. The molecule has 2 aromatic carbocycles. The normalized spacial score (nSPS) is 12.6. The monoisotopic (exact) mass is 310 g/mol. The number of aryl methyl sites for hydroxylation is 1. The summed E-state index contributed by atoms with van der Waals surface area (Å²) in [7, 11) is 0. The maximum absolute atomic E-state index is 5.89. The maximum atomic E-state index is 5.89. The van der Waals surface area contributed by atoms with E-state index in [1.165, 1.54) is 20.8 Å². The van der Waals surface area contributed by atoms with E-state index in [4.69, 9.17) is 10.7 Å². The fourth-order valence-electron chi connectivity index (χ4n) is 3.02. The van der Waals surface area contributed by atoms with E-state index in [9.17, 15) is 0 Å². The molecule has 0 aliphatic heterocycles. The lowest BCUT2D eigenvalue weighted by Gasteiger charge is -2.18. The second-order valence-electron chi connectivity index (χ2n) is 5.62. The van der Waals surface area contributed by atoms with Crippen molar-refractivity contribution in [1.29, 1.82) is 0 Å². The van der Waals surface area contributed by atoms with Crippen LogP contribution < -0.4 is 5.73 Å². The van der Waals surface area contributed by atoms with E-state index in [2.05, 4.69) is 55.5 Å². The molecule has 1 heterocycles. The number of fused-ring (bicyclic) bond motifs is 1. The summed E-state index contributed by atoms with van der Waals surface area (Å²) >= 11 is 1.82. The summed E-state index contributed by atoms with van der Waals surface area (Å²) in [6.07, 6.45) is 3.31. The molecule has 1 unspecified atom stereocenters. The van der Waals surface area contributed by atoms with Crippen LogP contribution >= 0.6 is 11.3 Å². The van der Waals surface area contributed by atoms with Crippen molar-refractivity contribution in [2.75, 3.05) is 0 Å². The number of hydrogen-bond acceptors (Lipinski definition) is 3. The van der Waals surface area contributed by atoms with E-state index in [1.807, 2.05) is 11.3 Å². The van der Waals surface area contributed by atoms with Gasteiger partial charge in [0, 0.05) is 6.54 Å². The first-order valence-corrected chi connectivity index (χ1v) is 8.75. The third-order valence-electron chi connectivity index (χ3n) is 4.25. The largest absolute Gasteiger partial charge is 0.326 e. The zero-order valence-electron chi connectivity index (χ0n) is 13.0. The predicted molar refractivity (Wildman–Crippen MR) is 95.3 cm³/mol. The third kappa shape index (κ3) is 3.21. The van der Waals surface area contributed by atoms with Crippen molar-refractivity contribution in [3.05, 3.63) is 64.7 Å². The number of nitrogens with zero attached hydrogens (tertiary/aromatic N) is 1. The van der Waals surface area contributed by atoms with Crippen molar-refractivity contribution in [2.45, 2.75) is 38.6 Å². The molecule has 3 aromatic rings. The van der Waals surface area contributed by atoms with Gasteiger partial charge in [-0.1, -0.05) is 43.3 Å². The van der Waals surface area contributed by atoms with Gasteiger partial charge in [-0.25, -0.2) is 4.98 Å². The van der Waals surface area contributed by atoms with Crippen LogP contribution in [-0.4, -0.2) is 4.98 Å². The lowest BCUT2D eigenvalue weighted by atomic mass is 9.88. The van der Waals surface area contributed by atoms with Crippen LogP contribution in [0.3, 0.4) is 0 Å². The van der Waals surface area contributed by atoms with Crippen molar-refractivity contribution in [2.24, 2.45) is 5.73 Å². The average Bonchev–Trinajstić information content (AvgIpc) is 2.98. The summed E-state index contributed by atoms with van der Waals surface area (Å²) in [6.45, 7) is 2.88. The number of benzene rings is 2. The minimum Gasteiger partial charge on any atom is -0.326 e. The van der Waals surface area contributed by atoms with Gasteiger partial charge in [-0.3, -0.25) is 0 Å². The molecule has 0 bridgehead atoms. The van der Waals surface area contributed by atoms with Crippen LogP contribution in [0, 0.1) is 0 Å². The average molecular weight is 310 g/mol. The first kappa shape index (κ1) is 15.2. The lowest BCUT2D eigenvalue weighted by Crippen LogP contribution is -2.07. The summed E-state index contributed by atoms with van der Waals surface area (Å²) in [5.41, 5.74) is 9.70. The van der Waals surface area contributed by atoms with Crippen LogP contribution in [0.4, 0.5) is 0 Å². The third-order valence-corrected chi connectivity index (χ3v) is 5.35. The summed E-state index contributed by atoms with van der Waals surface area (Å²) in [5, 5.41) is 1.24. The highest BCUT2D eigenvalue weighted by atomic mass is 32.1. The molecule has 2 nitrogen and oxygen atoms in total. The van der Waals surface area contributed by atoms with Crippen molar-refractivity contribution in [3.63, 3.8) is 0 Å². The molecule has 3 heteroatoms. The van der Waals surface area contributed by atoms with Crippen LogP contribution in [0.15, 0.2) is 48.5 Å². The molecule has 0 aliphatic carbocycles. The van der Waals surface area contributed by atoms with Gasteiger partial charge in [-0.15, -0.1) is 11.3 Å². The van der Waals surface area contributed by atoms with Gasteiger partial charge in [0.25, 0.3) is 0 Å². The summed E-state index contributed by atoms with van der Waals surface area (Å²) < 4.78 is 1.29. The van der Waals surface area contributed by atoms with Crippen LogP contribution in [0.2, 0.25) is 0 Å². The smallest absolute Gasteiger partial charge is 0.0938 e. The zero-order chi connectivity index (χ0) is 15.4. The second kappa shape index (κ2) is 7.03. The van der Waals surface area contributed by atoms with Gasteiger partial charge < -0.3 is 5.73 Å². The van der Waals surface area contributed by atoms with Crippen molar-refractivity contribution >= 4 is 21.6 Å². The Morgan fingerprint density at radius 1 is 1.09 bits per heavy atom. The Hall–Kier alpha value is -1.71. The fourth-order valence-corrected chi connectivity index (χ4v) is 4.01. The van der Waals surface area contributed by atoms with Crippen LogP contribution in [-0.2, 0) is 13.0 Å². The minimum atomic E-state index is 0.562. The Morgan fingerprint density at radius 3 is 2.64 bits per heavy atom. The standard InChI is InChI=1S/C19H22N2S/c1-2-14(16-8-4-3-7-15(16)13-20)11-12-19-21-17-9-5-6-10-18(17)22-19/h3-10,14H,2,11-13,20H2,1H3. The van der Waals surface area contributed by atoms with E-state index < -0.39 is 0 Å². The first-order chi connectivity index (χ1) is 10.8. The molecule has 1 atom stereocenters. The minimum absolute atomic E-state index is 0.562. The SMILES string of the molecule is CCC(CCc1nc2ccccc2s1)c1ccccc1CN. The molecular weight excluding hydrogens is 288 g/mol. The van der Waals surface area contributed by atoms with E-state index in [0.29, 0.717) is 12.5 Å². The highest BCUT2D eigenvalue weighted by Crippen LogP contribution is 2.30. The molecule has 0 radical (unpaired) electrons. The van der Waals surface area contributed by atoms with Crippen molar-refractivity contribution in [1.82, 2.24) is 4.98 Å². The molecule has 0 fully saturated rings. The van der Waals surface area contributed by atoms with Gasteiger partial charge in [-0.05, 0) is 48.4 Å². The topological polar surface area (TPSA) is 38.9 Å². The van der Waals surface area contributed by atoms with Crippen LogP contribution in [0.1, 0.15) is 41.8 Å². The summed E-state index contributed by atoms with van der Waals surface area (Å²) in [5.74, 6) is 0.562. The number of hydrogen-bond donors (Lipinski definition) is 1. The quantitative estimate of drug-likeness (QED) is 0.704. The number of rotatable bonds is 6. The Bertz CT molecular complexity index is 715. The van der Waals surface area contributed by atoms with E-state index in [0.717, 1.165) is 24.8 Å². The van der Waals surface area contributed by atoms with Gasteiger partial charge in [0.2, 0.25) is 0 Å². The molecular formula is C19H22N2S. The fraction of sp³-hybridized carbons (Fsp3) is 0.316. The van der Waals surface area contributed by atoms with Crippen LogP contribution in [0.25, 0.3) is 10.2 Å².